The van der Waals surface area contributed by atoms with E-state index in [9.17, 15) is 21.6 Å². The van der Waals surface area contributed by atoms with Gasteiger partial charge in [0, 0.05) is 24.4 Å². The highest BCUT2D eigenvalue weighted by molar-refractivity contribution is 7.90. The molecule has 2 aromatic rings. The third kappa shape index (κ3) is 7.24. The number of nitrogens with one attached hydrogen (secondary N) is 1. The van der Waals surface area contributed by atoms with Crippen molar-refractivity contribution in [3.8, 4) is 11.5 Å². The minimum atomic E-state index is -3.79. The Morgan fingerprint density at radius 3 is 2.29 bits per heavy atom. The smallest absolute Gasteiger partial charge is 0.280 e. The normalized spacial score (nSPS) is 15.5. The van der Waals surface area contributed by atoms with Gasteiger partial charge in [0.05, 0.1) is 4.90 Å². The Hall–Kier alpha value is -3.00. The van der Waals surface area contributed by atoms with Gasteiger partial charge in [0.25, 0.3) is 5.91 Å². The number of carbonyl (C=O) groups excluding carboxylic acids is 1. The van der Waals surface area contributed by atoms with Crippen molar-refractivity contribution in [1.29, 1.82) is 0 Å². The fraction of sp³-hybridized carbons (Fsp3) is 0.364. The van der Waals surface area contributed by atoms with E-state index in [0.29, 0.717) is 6.54 Å². The summed E-state index contributed by atoms with van der Waals surface area (Å²) in [5.41, 5.74) is 10.4. The highest BCUT2D eigenvalue weighted by Gasteiger charge is 2.22. The van der Waals surface area contributed by atoms with Gasteiger partial charge in [-0.1, -0.05) is 0 Å². The lowest BCUT2D eigenvalue weighted by atomic mass is 10.2. The van der Waals surface area contributed by atoms with Crippen LogP contribution in [0.4, 0.5) is 0 Å². The molecule has 0 aliphatic carbocycles. The molecule has 0 spiro atoms. The summed E-state index contributed by atoms with van der Waals surface area (Å²) < 4.78 is 58.4. The molecule has 13 heteroatoms. The van der Waals surface area contributed by atoms with Crippen LogP contribution in [-0.2, 0) is 19.9 Å². The first-order chi connectivity index (χ1) is 16.3. The average Bonchev–Trinajstić information content (AvgIpc) is 3.25. The molecule has 0 radical (unpaired) electrons. The van der Waals surface area contributed by atoms with Crippen molar-refractivity contribution in [2.75, 3.05) is 25.9 Å². The van der Waals surface area contributed by atoms with E-state index in [0.717, 1.165) is 38.3 Å². The number of nitrogens with two attached hydrogens (primary N) is 2. The van der Waals surface area contributed by atoms with E-state index in [1.54, 1.807) is 0 Å². The van der Waals surface area contributed by atoms with Gasteiger partial charge >= 0.3 is 0 Å². The van der Waals surface area contributed by atoms with E-state index in [4.69, 9.17) is 16.2 Å². The lowest BCUT2D eigenvalue weighted by molar-refractivity contribution is 0.100. The van der Waals surface area contributed by atoms with Crippen LogP contribution in [0.2, 0.25) is 0 Å². The van der Waals surface area contributed by atoms with Crippen LogP contribution in [0, 0.1) is 0 Å². The Bertz CT molecular complexity index is 1310. The van der Waals surface area contributed by atoms with Crippen LogP contribution in [0.25, 0.3) is 0 Å². The second-order valence-corrected chi connectivity index (χ2v) is 12.1. The third-order valence-electron chi connectivity index (χ3n) is 5.27. The van der Waals surface area contributed by atoms with Gasteiger partial charge in [-0.05, 0) is 75.3 Å². The summed E-state index contributed by atoms with van der Waals surface area (Å²) in [7, 11) is -7.54. The Morgan fingerprint density at radius 2 is 1.71 bits per heavy atom. The average molecular weight is 524 g/mol. The lowest BCUT2D eigenvalue weighted by Crippen LogP contribution is -2.40. The summed E-state index contributed by atoms with van der Waals surface area (Å²) in [4.78, 5) is 17.5. The maximum absolute atomic E-state index is 12.7. The van der Waals surface area contributed by atoms with Crippen molar-refractivity contribution in [2.24, 2.45) is 16.5 Å². The summed E-state index contributed by atoms with van der Waals surface area (Å²) >= 11 is 0. The lowest BCUT2D eigenvalue weighted by Gasteiger charge is -2.21. The van der Waals surface area contributed by atoms with E-state index in [1.165, 1.54) is 36.4 Å². The number of amides is 1. The number of ether oxygens (including phenoxy) is 1. The number of likely N-dealkylation sites (tertiary alicyclic amines) is 1. The number of rotatable bonds is 9. The molecular formula is C22H29N5O6S2. The Balaban J connectivity index is 1.77. The maximum Gasteiger partial charge on any atom is 0.280 e. The SMILES string of the molecule is CC(CN1CCCC1)NS(=O)(=O)c1ccc(Oc2ccc(C(=O)N=C(N)N)cc2S(C)(=O)=O)cc1. The van der Waals surface area contributed by atoms with Crippen molar-refractivity contribution in [2.45, 2.75) is 35.6 Å². The first kappa shape index (κ1) is 26.6. The molecule has 1 saturated heterocycles. The van der Waals surface area contributed by atoms with Gasteiger partial charge in [-0.2, -0.15) is 4.99 Å². The van der Waals surface area contributed by atoms with Crippen LogP contribution < -0.4 is 20.9 Å². The summed E-state index contributed by atoms with van der Waals surface area (Å²) in [5.74, 6) is -1.09. The number of sulfonamides is 1. The molecule has 5 N–H and O–H groups in total. The molecule has 35 heavy (non-hydrogen) atoms. The fourth-order valence-electron chi connectivity index (χ4n) is 3.73. The molecule has 1 heterocycles. The molecule has 1 atom stereocenters. The van der Waals surface area contributed by atoms with Crippen LogP contribution in [0.5, 0.6) is 11.5 Å². The Labute approximate surface area is 205 Å². The highest BCUT2D eigenvalue weighted by atomic mass is 32.2. The van der Waals surface area contributed by atoms with E-state index in [-0.39, 0.29) is 32.9 Å². The van der Waals surface area contributed by atoms with Crippen molar-refractivity contribution in [1.82, 2.24) is 9.62 Å². The van der Waals surface area contributed by atoms with Gasteiger partial charge in [-0.15, -0.1) is 0 Å². The molecule has 11 nitrogen and oxygen atoms in total. The van der Waals surface area contributed by atoms with E-state index >= 15 is 0 Å². The first-order valence-electron chi connectivity index (χ1n) is 10.9. The number of sulfone groups is 1. The van der Waals surface area contributed by atoms with Gasteiger partial charge in [-0.25, -0.2) is 21.6 Å². The third-order valence-corrected chi connectivity index (χ3v) is 7.99. The van der Waals surface area contributed by atoms with Gasteiger partial charge < -0.3 is 21.1 Å². The zero-order valence-corrected chi connectivity index (χ0v) is 21.1. The zero-order valence-electron chi connectivity index (χ0n) is 19.5. The minimum absolute atomic E-state index is 0.0401. The number of aliphatic imine (C=N–C) groups is 1. The van der Waals surface area contributed by atoms with E-state index < -0.39 is 31.7 Å². The van der Waals surface area contributed by atoms with Gasteiger partial charge in [0.1, 0.15) is 16.4 Å². The molecule has 1 aliphatic heterocycles. The van der Waals surface area contributed by atoms with Gasteiger partial charge in [0.2, 0.25) is 10.0 Å². The number of carbonyl (C=O) groups is 1. The summed E-state index contributed by atoms with van der Waals surface area (Å²) in [6, 6.07) is 9.07. The predicted molar refractivity (Wildman–Crippen MR) is 132 cm³/mol. The van der Waals surface area contributed by atoms with Crippen molar-refractivity contribution in [3.05, 3.63) is 48.0 Å². The monoisotopic (exact) mass is 523 g/mol. The molecule has 1 amide bonds. The van der Waals surface area contributed by atoms with Crippen LogP contribution in [0.3, 0.4) is 0 Å². The molecule has 1 aliphatic rings. The predicted octanol–water partition coefficient (Wildman–Crippen LogP) is 1.06. The molecule has 0 aromatic heterocycles. The molecule has 0 bridgehead atoms. The number of hydrogen-bond donors (Lipinski definition) is 3. The van der Waals surface area contributed by atoms with Crippen LogP contribution in [0.15, 0.2) is 57.2 Å². The van der Waals surface area contributed by atoms with Gasteiger partial charge in [0.15, 0.2) is 15.8 Å². The Morgan fingerprint density at radius 1 is 1.09 bits per heavy atom. The van der Waals surface area contributed by atoms with Crippen molar-refractivity contribution >= 4 is 31.7 Å². The molecule has 3 rings (SSSR count). The second kappa shape index (κ2) is 10.7. The summed E-state index contributed by atoms with van der Waals surface area (Å²) in [6.45, 7) is 4.39. The van der Waals surface area contributed by atoms with Crippen LogP contribution in [0.1, 0.15) is 30.1 Å². The number of guanidine groups is 1. The fourth-order valence-corrected chi connectivity index (χ4v) is 5.78. The molecule has 2 aromatic carbocycles. The zero-order chi connectivity index (χ0) is 25.8. The first-order valence-corrected chi connectivity index (χ1v) is 14.2. The summed E-state index contributed by atoms with van der Waals surface area (Å²) in [6.07, 6.45) is 3.21. The van der Waals surface area contributed by atoms with Crippen molar-refractivity contribution < 1.29 is 26.4 Å². The molecule has 1 fully saturated rings. The molecule has 0 saturated carbocycles. The Kier molecular flexibility index (Phi) is 8.15. The topological polar surface area (TPSA) is 174 Å². The molecular weight excluding hydrogens is 494 g/mol. The van der Waals surface area contributed by atoms with Crippen LogP contribution in [-0.4, -0.2) is 65.5 Å². The van der Waals surface area contributed by atoms with Gasteiger partial charge in [-0.3, -0.25) is 4.79 Å². The van der Waals surface area contributed by atoms with Crippen molar-refractivity contribution in [3.63, 3.8) is 0 Å². The highest BCUT2D eigenvalue weighted by Crippen LogP contribution is 2.30. The number of hydrogen-bond acceptors (Lipinski definition) is 7. The van der Waals surface area contributed by atoms with Crippen LogP contribution >= 0.6 is 0 Å². The minimum Gasteiger partial charge on any atom is -0.456 e. The standard InChI is InChI=1S/C22H29N5O6S2/c1-15(14-27-11-3-4-12-27)26-35(31,32)18-8-6-17(7-9-18)33-19-10-5-16(21(28)25-22(23)24)13-20(19)34(2,29)30/h5-10,13,15,26H,3-4,11-12,14H2,1-2H3,(H4,23,24,25,28). The van der Waals surface area contributed by atoms with E-state index in [1.807, 2.05) is 6.92 Å². The maximum atomic E-state index is 12.7. The quantitative estimate of drug-likeness (QED) is 0.320. The largest absolute Gasteiger partial charge is 0.456 e. The molecule has 190 valence electrons. The summed E-state index contributed by atoms with van der Waals surface area (Å²) in [5, 5.41) is 0. The second-order valence-electron chi connectivity index (χ2n) is 8.38. The number of nitrogens with zero attached hydrogens (tertiary/aromatic N) is 2. The number of benzene rings is 2. The molecule has 1 unspecified atom stereocenters. The van der Waals surface area contributed by atoms with E-state index in [2.05, 4.69) is 14.6 Å².